The number of aliphatic hydroxyl groups is 1. The van der Waals surface area contributed by atoms with E-state index in [-0.39, 0.29) is 76.0 Å². The van der Waals surface area contributed by atoms with Crippen molar-refractivity contribution in [2.45, 2.75) is 13.5 Å². The number of nitrogens with zero attached hydrogens (tertiary/aromatic N) is 2. The maximum absolute atomic E-state index is 11.3. The molecule has 1 aromatic heterocycles. The van der Waals surface area contributed by atoms with E-state index in [1.165, 1.54) is 6.07 Å². The minimum atomic E-state index is -0.423. The third kappa shape index (κ3) is 3.14. The number of aromatic hydroxyl groups is 1. The van der Waals surface area contributed by atoms with E-state index in [4.69, 9.17) is 10.4 Å². The Morgan fingerprint density at radius 1 is 1.60 bits per heavy atom. The van der Waals surface area contributed by atoms with Crippen molar-refractivity contribution in [3.05, 3.63) is 27.5 Å². The maximum atomic E-state index is 11.3. The van der Waals surface area contributed by atoms with E-state index in [0.29, 0.717) is 5.56 Å². The van der Waals surface area contributed by atoms with Gasteiger partial charge in [0.2, 0.25) is 5.88 Å². The van der Waals surface area contributed by atoms with E-state index in [9.17, 15) is 9.90 Å². The summed E-state index contributed by atoms with van der Waals surface area (Å²) in [6, 6.07) is 3.06. The minimum Gasteiger partial charge on any atom is -0.493 e. The molecule has 0 unspecified atom stereocenters. The molecule has 0 aliphatic carbocycles. The summed E-state index contributed by atoms with van der Waals surface area (Å²) >= 11 is 0. The van der Waals surface area contributed by atoms with Crippen LogP contribution in [-0.2, 0) is 6.54 Å². The predicted molar refractivity (Wildman–Crippen MR) is 54.7 cm³/mol. The summed E-state index contributed by atoms with van der Waals surface area (Å²) in [5.74, 6) is -0.383. The van der Waals surface area contributed by atoms with Gasteiger partial charge in [0.25, 0.3) is 5.56 Å². The Morgan fingerprint density at radius 3 is 2.67 bits per heavy atom. The van der Waals surface area contributed by atoms with E-state index in [1.807, 2.05) is 0 Å². The molecule has 0 atom stereocenters. The molecule has 15 heavy (non-hydrogen) atoms. The summed E-state index contributed by atoms with van der Waals surface area (Å²) in [6.45, 7) is 1.30. The number of hydrogen-bond donors (Lipinski definition) is 2. The molecule has 0 spiro atoms. The van der Waals surface area contributed by atoms with Crippen molar-refractivity contribution < 1.29 is 10.2 Å². The Balaban J connectivity index is 0.00000196. The van der Waals surface area contributed by atoms with Gasteiger partial charge < -0.3 is 10.2 Å². The summed E-state index contributed by atoms with van der Waals surface area (Å²) < 4.78 is 0.964. The van der Waals surface area contributed by atoms with Gasteiger partial charge >= 0.3 is 0 Å². The summed E-state index contributed by atoms with van der Waals surface area (Å²) in [5.41, 5.74) is 0.0790. The van der Waals surface area contributed by atoms with Crippen molar-refractivity contribution in [2.24, 2.45) is 0 Å². The zero-order valence-corrected chi connectivity index (χ0v) is 11.8. The van der Waals surface area contributed by atoms with Crippen LogP contribution in [0.5, 0.6) is 5.88 Å². The summed E-state index contributed by atoms with van der Waals surface area (Å²) in [4.78, 5) is 11.3. The Labute approximate surface area is 129 Å². The van der Waals surface area contributed by atoms with Crippen LogP contribution in [-0.4, -0.2) is 72.8 Å². The molecule has 0 amide bonds. The summed E-state index contributed by atoms with van der Waals surface area (Å²) in [7, 11) is 0. The molecule has 0 aromatic carbocycles. The van der Waals surface area contributed by atoms with Crippen molar-refractivity contribution >= 4 is 51.4 Å². The van der Waals surface area contributed by atoms with E-state index in [2.05, 4.69) is 0 Å². The van der Waals surface area contributed by atoms with E-state index in [0.717, 1.165) is 4.57 Å². The van der Waals surface area contributed by atoms with Crippen molar-refractivity contribution in [2.75, 3.05) is 6.61 Å². The number of hydrogen-bond acceptors (Lipinski definition) is 4. The largest absolute Gasteiger partial charge is 0.493 e. The molecule has 1 aromatic rings. The molecule has 0 aliphatic rings. The van der Waals surface area contributed by atoms with E-state index >= 15 is 0 Å². The van der Waals surface area contributed by atoms with Gasteiger partial charge in [-0.25, -0.2) is 0 Å². The molecule has 75 valence electrons. The van der Waals surface area contributed by atoms with Gasteiger partial charge in [0.15, 0.2) is 0 Å². The van der Waals surface area contributed by atoms with Crippen LogP contribution < -0.4 is 5.56 Å². The standard InChI is InChI=1S/C9H10N2O3.K/c1-6-4-8(13)11(2-3-12)9(14)7(6)5-10;/h4,12,14H,2-3H2,1H3;. The van der Waals surface area contributed by atoms with Crippen molar-refractivity contribution in [1.82, 2.24) is 4.57 Å². The molecule has 0 fully saturated rings. The smallest absolute Gasteiger partial charge is 0.253 e. The number of aromatic nitrogens is 1. The first-order valence-electron chi connectivity index (χ1n) is 4.06. The second kappa shape index (κ2) is 6.43. The van der Waals surface area contributed by atoms with Crippen LogP contribution in [0.15, 0.2) is 10.9 Å². The molecule has 0 aliphatic heterocycles. The molecule has 2 N–H and O–H groups in total. The number of aliphatic hydroxyl groups excluding tert-OH is 1. The van der Waals surface area contributed by atoms with Gasteiger partial charge in [-0.15, -0.1) is 0 Å². The number of pyridine rings is 1. The van der Waals surface area contributed by atoms with Gasteiger partial charge in [0, 0.05) is 57.5 Å². The van der Waals surface area contributed by atoms with Crippen LogP contribution >= 0.6 is 0 Å². The van der Waals surface area contributed by atoms with Gasteiger partial charge in [-0.05, 0) is 12.5 Å². The molecule has 5 nitrogen and oxygen atoms in total. The van der Waals surface area contributed by atoms with Gasteiger partial charge in [-0.1, -0.05) is 0 Å². The van der Waals surface area contributed by atoms with Crippen LogP contribution in [0.1, 0.15) is 11.1 Å². The quantitative estimate of drug-likeness (QED) is 0.664. The second-order valence-electron chi connectivity index (χ2n) is 2.85. The minimum absolute atomic E-state index is 0. The molecule has 1 radical (unpaired) electrons. The fourth-order valence-electron chi connectivity index (χ4n) is 1.21. The third-order valence-corrected chi connectivity index (χ3v) is 1.92. The Hall–Kier alpha value is -0.164. The Bertz CT molecular complexity index is 448. The fourth-order valence-corrected chi connectivity index (χ4v) is 1.21. The van der Waals surface area contributed by atoms with Crippen LogP contribution in [0.25, 0.3) is 0 Å². The summed E-state index contributed by atoms with van der Waals surface area (Å²) in [6.07, 6.45) is 0. The second-order valence-corrected chi connectivity index (χ2v) is 2.85. The van der Waals surface area contributed by atoms with Gasteiger partial charge in [0.05, 0.1) is 13.2 Å². The van der Waals surface area contributed by atoms with Crippen LogP contribution in [0.2, 0.25) is 0 Å². The maximum Gasteiger partial charge on any atom is 0.253 e. The molecule has 0 saturated carbocycles. The topological polar surface area (TPSA) is 86.2 Å². The monoisotopic (exact) mass is 233 g/mol. The number of nitriles is 1. The van der Waals surface area contributed by atoms with Crippen LogP contribution in [0.3, 0.4) is 0 Å². The molecular formula is C9H10KN2O3. The molecular weight excluding hydrogens is 223 g/mol. The Morgan fingerprint density at radius 2 is 2.20 bits per heavy atom. The molecule has 1 heterocycles. The molecule has 6 heteroatoms. The van der Waals surface area contributed by atoms with Crippen molar-refractivity contribution in [3.8, 4) is 11.9 Å². The first-order valence-corrected chi connectivity index (χ1v) is 4.06. The first kappa shape index (κ1) is 14.8. The number of rotatable bonds is 2. The molecule has 1 rings (SSSR count). The van der Waals surface area contributed by atoms with Crippen molar-refractivity contribution in [3.63, 3.8) is 0 Å². The fraction of sp³-hybridized carbons (Fsp3) is 0.333. The van der Waals surface area contributed by atoms with E-state index in [1.54, 1.807) is 13.0 Å². The SMILES string of the molecule is Cc1cc(=O)n(CCO)c(O)c1C#N.[K]. The normalized spacial score (nSPS) is 9.13. The average Bonchev–Trinajstić information content (AvgIpc) is 2.12. The van der Waals surface area contributed by atoms with Crippen LogP contribution in [0, 0.1) is 18.3 Å². The van der Waals surface area contributed by atoms with Gasteiger partial charge in [-0.2, -0.15) is 5.26 Å². The van der Waals surface area contributed by atoms with Gasteiger partial charge in [0.1, 0.15) is 11.6 Å². The Kier molecular flexibility index (Phi) is 6.36. The first-order chi connectivity index (χ1) is 6.61. The third-order valence-electron chi connectivity index (χ3n) is 1.92. The summed E-state index contributed by atoms with van der Waals surface area (Å²) in [5, 5.41) is 26.9. The van der Waals surface area contributed by atoms with Crippen LogP contribution in [0.4, 0.5) is 0 Å². The van der Waals surface area contributed by atoms with E-state index < -0.39 is 5.56 Å². The van der Waals surface area contributed by atoms with Gasteiger partial charge in [-0.3, -0.25) is 9.36 Å². The van der Waals surface area contributed by atoms with Crippen molar-refractivity contribution in [1.29, 1.82) is 5.26 Å². The zero-order chi connectivity index (χ0) is 10.7. The zero-order valence-electron chi connectivity index (χ0n) is 8.69. The molecule has 0 saturated heterocycles. The predicted octanol–water partition coefficient (Wildman–Crippen LogP) is -0.654. The number of aryl methyl sites for hydroxylation is 1. The average molecular weight is 233 g/mol. The molecule has 0 bridgehead atoms.